The Labute approximate surface area is 307 Å². The molecule has 1 aliphatic carbocycles. The molecule has 3 heterocycles. The maximum Gasteiger partial charge on any atom is 0.336 e. The van der Waals surface area contributed by atoms with Gasteiger partial charge in [-0.05, 0) is 82.3 Å². The molecule has 2 aromatic carbocycles. The maximum absolute atomic E-state index is 13.9. The van der Waals surface area contributed by atoms with Crippen molar-refractivity contribution in [2.24, 2.45) is 5.92 Å². The zero-order valence-electron chi connectivity index (χ0n) is 30.2. The first-order valence-corrected chi connectivity index (χ1v) is 22.0. The molecule has 51 heavy (non-hydrogen) atoms. The van der Waals surface area contributed by atoms with E-state index in [2.05, 4.69) is 59.9 Å². The Morgan fingerprint density at radius 2 is 1.67 bits per heavy atom. The highest BCUT2D eigenvalue weighted by Crippen LogP contribution is 2.43. The van der Waals surface area contributed by atoms with Gasteiger partial charge in [0.2, 0.25) is 0 Å². The number of carboxylic acids is 1. The summed E-state index contributed by atoms with van der Waals surface area (Å²) >= 11 is 5.72. The van der Waals surface area contributed by atoms with Crippen molar-refractivity contribution < 1.29 is 33.1 Å². The highest BCUT2D eigenvalue weighted by Gasteiger charge is 2.42. The van der Waals surface area contributed by atoms with Crippen molar-refractivity contribution >= 4 is 53.6 Å². The molecule has 6 rings (SSSR count). The van der Waals surface area contributed by atoms with Crippen LogP contribution in [-0.4, -0.2) is 99.9 Å². The van der Waals surface area contributed by atoms with Gasteiger partial charge in [-0.15, -0.1) is 11.6 Å². The van der Waals surface area contributed by atoms with Crippen LogP contribution in [0.1, 0.15) is 77.3 Å². The van der Waals surface area contributed by atoms with Crippen LogP contribution in [0.15, 0.2) is 65.4 Å². The molecule has 2 saturated heterocycles. The van der Waals surface area contributed by atoms with E-state index in [-0.39, 0.29) is 11.3 Å². The minimum atomic E-state index is -2.31. The van der Waals surface area contributed by atoms with E-state index >= 15 is 0 Å². The molecule has 0 bridgehead atoms. The number of halogens is 2. The van der Waals surface area contributed by atoms with Gasteiger partial charge in [0.15, 0.2) is 24.6 Å². The third kappa shape index (κ3) is 8.32. The van der Waals surface area contributed by atoms with Crippen molar-refractivity contribution in [2.45, 2.75) is 64.7 Å². The summed E-state index contributed by atoms with van der Waals surface area (Å²) in [4.78, 5) is 28.4. The van der Waals surface area contributed by atoms with Crippen molar-refractivity contribution in [3.63, 3.8) is 0 Å². The second kappa shape index (κ2) is 16.5. The van der Waals surface area contributed by atoms with Crippen LogP contribution in [0, 0.1) is 5.92 Å². The van der Waals surface area contributed by atoms with Crippen LogP contribution >= 0.6 is 11.6 Å². The molecule has 0 saturated carbocycles. The number of anilines is 1. The second-order valence-electron chi connectivity index (χ2n) is 14.9. The number of ketones is 1. The van der Waals surface area contributed by atoms with Crippen LogP contribution in [0.2, 0.25) is 13.1 Å². The van der Waals surface area contributed by atoms with Crippen LogP contribution in [-0.2, 0) is 9.47 Å². The second-order valence-corrected chi connectivity index (χ2v) is 19.6. The fourth-order valence-corrected chi connectivity index (χ4v) is 10.9. The van der Waals surface area contributed by atoms with Gasteiger partial charge in [0.1, 0.15) is 14.2 Å². The van der Waals surface area contributed by atoms with Gasteiger partial charge in [-0.25, -0.2) is 13.8 Å². The van der Waals surface area contributed by atoms with Crippen LogP contribution in [0.5, 0.6) is 0 Å². The minimum Gasteiger partial charge on any atom is -0.478 e. The number of allylic oxidation sites excluding steroid dienone is 5. The van der Waals surface area contributed by atoms with Gasteiger partial charge in [-0.3, -0.25) is 4.79 Å². The summed E-state index contributed by atoms with van der Waals surface area (Å²) in [7, 11) is -2.31. The number of carboxylic acid groups (broad SMARTS) is 1. The van der Waals surface area contributed by atoms with E-state index < -0.39 is 20.2 Å². The summed E-state index contributed by atoms with van der Waals surface area (Å²) in [5.74, 6) is 0.272. The molecule has 0 atom stereocenters. The molecule has 0 aromatic heterocycles. The number of carbonyl (C=O) groups is 2. The van der Waals surface area contributed by atoms with Gasteiger partial charge in [0.05, 0.1) is 37.8 Å². The molecule has 1 N–H and O–H groups in total. The number of alkyl halides is 2. The first kappa shape index (κ1) is 37.4. The zero-order chi connectivity index (χ0) is 36.1. The van der Waals surface area contributed by atoms with Crippen LogP contribution in [0.3, 0.4) is 0 Å². The first-order valence-electron chi connectivity index (χ1n) is 18.5. The lowest BCUT2D eigenvalue weighted by Gasteiger charge is -2.41. The monoisotopic (exact) mass is 733 g/mol. The van der Waals surface area contributed by atoms with Crippen molar-refractivity contribution in [1.29, 1.82) is 0 Å². The number of rotatable bonds is 17. The van der Waals surface area contributed by atoms with Gasteiger partial charge >= 0.3 is 5.97 Å². The van der Waals surface area contributed by atoms with E-state index in [1.165, 1.54) is 16.1 Å². The molecule has 7 nitrogen and oxygen atoms in total. The maximum atomic E-state index is 13.9. The van der Waals surface area contributed by atoms with Crippen LogP contribution < -0.4 is 10.1 Å². The molecular formula is C41H51ClFN2O5Si+. The van der Waals surface area contributed by atoms with Crippen molar-refractivity contribution in [1.82, 2.24) is 0 Å². The molecule has 272 valence electrons. The van der Waals surface area contributed by atoms with E-state index in [1.807, 2.05) is 6.07 Å². The highest BCUT2D eigenvalue weighted by molar-refractivity contribution is 6.98. The third-order valence-corrected chi connectivity index (χ3v) is 14.4. The van der Waals surface area contributed by atoms with Crippen molar-refractivity contribution in [3.8, 4) is 0 Å². The minimum absolute atomic E-state index is 0.0484. The number of Topliss-reactive ketones (excluding diaryl/α,β-unsaturated/α-hetero) is 1. The molecule has 4 aliphatic rings. The Hall–Kier alpha value is -3.37. The largest absolute Gasteiger partial charge is 0.478 e. The third-order valence-electron chi connectivity index (χ3n) is 10.6. The standard InChI is InChI=1S/C41H50ClFN2O5Si/c1-28-24-44(25-28)31-11-14-34-38(22-31)51(2,3)39-23-32(45-26-30(43)27-45)12-15-35(39)40(34)36-21-29(10-13-33(36)41(47)48)37(46)9-8-18-50-20-19-49-17-7-5-4-6-16-42/h10-15,21-23,28,30H,4-9,16-20,24-27H2,1-3H3/p+1. The molecule has 2 aromatic rings. The number of hydrogen-bond acceptors (Lipinski definition) is 5. The van der Waals surface area contributed by atoms with E-state index in [9.17, 15) is 19.1 Å². The van der Waals surface area contributed by atoms with Crippen LogP contribution in [0.4, 0.5) is 10.1 Å². The predicted octanol–water partition coefficient (Wildman–Crippen LogP) is 7.21. The number of benzene rings is 2. The Balaban J connectivity index is 1.25. The average molecular weight is 734 g/mol. The molecule has 0 spiro atoms. The molecule has 0 unspecified atom stereocenters. The van der Waals surface area contributed by atoms with E-state index in [4.69, 9.17) is 21.1 Å². The zero-order valence-corrected chi connectivity index (χ0v) is 31.9. The van der Waals surface area contributed by atoms with Gasteiger partial charge in [-0.1, -0.05) is 45.0 Å². The van der Waals surface area contributed by atoms with Gasteiger partial charge in [-0.2, -0.15) is 0 Å². The Morgan fingerprint density at radius 1 is 0.941 bits per heavy atom. The summed E-state index contributed by atoms with van der Waals surface area (Å²) in [5.41, 5.74) is 6.22. The summed E-state index contributed by atoms with van der Waals surface area (Å²) < 4.78 is 27.7. The Kier molecular flexibility index (Phi) is 12.1. The number of unbranched alkanes of at least 4 members (excludes halogenated alkanes) is 3. The SMILES string of the molecule is CC1C[N+](=C2C=CC3=C(c4cc(C(=O)CCCOCCOCCCCCCCl)ccc4C(=O)O)c4ccc(N5CC(F)C5)cc4[Si](C)(C)C3=C2)C1. The lowest BCUT2D eigenvalue weighted by atomic mass is 9.85. The van der Waals surface area contributed by atoms with Crippen molar-refractivity contribution in [2.75, 3.05) is 63.4 Å². The number of ether oxygens (including phenoxy) is 2. The van der Waals surface area contributed by atoms with Crippen LogP contribution in [0.25, 0.3) is 5.57 Å². The smallest absolute Gasteiger partial charge is 0.336 e. The molecule has 2 fully saturated rings. The topological polar surface area (TPSA) is 79.1 Å². The molecule has 0 radical (unpaired) electrons. The normalized spacial score (nSPS) is 19.4. The fourth-order valence-electron chi connectivity index (χ4n) is 7.62. The average Bonchev–Trinajstić information content (AvgIpc) is 3.09. The molecule has 3 aliphatic heterocycles. The van der Waals surface area contributed by atoms with E-state index in [1.54, 1.807) is 18.2 Å². The molecular weight excluding hydrogens is 683 g/mol. The summed E-state index contributed by atoms with van der Waals surface area (Å²) in [5, 5.41) is 12.9. The fraction of sp³-hybridized carbons (Fsp3) is 0.488. The number of hydrogen-bond donors (Lipinski definition) is 1. The number of carbonyl (C=O) groups excluding carboxylic acids is 1. The predicted molar refractivity (Wildman–Crippen MR) is 206 cm³/mol. The number of aromatic carboxylic acids is 1. The molecule has 10 heteroatoms. The molecule has 0 amide bonds. The summed E-state index contributed by atoms with van der Waals surface area (Å²) in [6.07, 6.45) is 11.0. The first-order chi connectivity index (χ1) is 24.6. The number of fused-ring (bicyclic) bond motifs is 2. The summed E-state index contributed by atoms with van der Waals surface area (Å²) in [6.45, 7) is 11.9. The quantitative estimate of drug-likeness (QED) is 0.0609. The lowest BCUT2D eigenvalue weighted by Crippen LogP contribution is -2.52. The summed E-state index contributed by atoms with van der Waals surface area (Å²) in [6, 6.07) is 11.3. The lowest BCUT2D eigenvalue weighted by molar-refractivity contribution is -0.601. The number of nitrogens with zero attached hydrogens (tertiary/aromatic N) is 2. The van der Waals surface area contributed by atoms with E-state index in [0.29, 0.717) is 75.3 Å². The Bertz CT molecular complexity index is 1770. The van der Waals surface area contributed by atoms with Gasteiger partial charge < -0.3 is 19.5 Å². The van der Waals surface area contributed by atoms with Gasteiger partial charge in [0.25, 0.3) is 0 Å². The van der Waals surface area contributed by atoms with E-state index in [0.717, 1.165) is 61.2 Å². The highest BCUT2D eigenvalue weighted by atomic mass is 35.5. The Morgan fingerprint density at radius 3 is 2.35 bits per heavy atom. The van der Waals surface area contributed by atoms with Crippen molar-refractivity contribution in [3.05, 3.63) is 87.6 Å². The van der Waals surface area contributed by atoms with Gasteiger partial charge in [0, 0.05) is 48.9 Å².